The minimum Gasteiger partial charge on any atom is -0.308 e. The van der Waals surface area contributed by atoms with Gasteiger partial charge in [0.15, 0.2) is 0 Å². The molecule has 0 fully saturated rings. The Balaban J connectivity index is 2.14. The highest BCUT2D eigenvalue weighted by molar-refractivity contribution is 7.09. The Labute approximate surface area is 113 Å². The van der Waals surface area contributed by atoms with Gasteiger partial charge in [0.2, 0.25) is 0 Å². The zero-order chi connectivity index (χ0) is 12.8. The maximum Gasteiger partial charge on any atom is 0.0557 e. The van der Waals surface area contributed by atoms with Gasteiger partial charge < -0.3 is 5.32 Å². The van der Waals surface area contributed by atoms with E-state index in [-0.39, 0.29) is 0 Å². The fraction of sp³-hybridized carbons (Fsp3) is 0.500. The van der Waals surface area contributed by atoms with Crippen molar-refractivity contribution >= 4 is 11.3 Å². The Morgan fingerprint density at radius 1 is 1.39 bits per heavy atom. The molecule has 98 valence electrons. The summed E-state index contributed by atoms with van der Waals surface area (Å²) in [4.78, 5) is 1.42. The summed E-state index contributed by atoms with van der Waals surface area (Å²) >= 11 is 1.83. The third-order valence-electron chi connectivity index (χ3n) is 3.03. The molecular weight excluding hydrogens is 242 g/mol. The number of aryl methyl sites for hydroxylation is 1. The second kappa shape index (κ2) is 6.71. The minimum atomic E-state index is 0.367. The van der Waals surface area contributed by atoms with Crippen LogP contribution in [0.3, 0.4) is 0 Å². The summed E-state index contributed by atoms with van der Waals surface area (Å²) in [6.07, 6.45) is 4.10. The van der Waals surface area contributed by atoms with Crippen LogP contribution < -0.4 is 5.32 Å². The molecule has 2 aromatic rings. The lowest BCUT2D eigenvalue weighted by Gasteiger charge is -2.19. The van der Waals surface area contributed by atoms with E-state index in [0.29, 0.717) is 6.04 Å². The summed E-state index contributed by atoms with van der Waals surface area (Å²) in [5.41, 5.74) is 1.29. The van der Waals surface area contributed by atoms with Gasteiger partial charge in [0.05, 0.1) is 11.7 Å². The molecule has 1 atom stereocenters. The molecule has 0 aliphatic carbocycles. The van der Waals surface area contributed by atoms with E-state index >= 15 is 0 Å². The quantitative estimate of drug-likeness (QED) is 0.831. The SMILES string of the molecule is CCCNC(Cc1cccs1)c1ccnn1CC. The highest BCUT2D eigenvalue weighted by atomic mass is 32.1. The molecule has 2 heterocycles. The van der Waals surface area contributed by atoms with E-state index in [4.69, 9.17) is 0 Å². The number of thiophene rings is 1. The zero-order valence-electron chi connectivity index (χ0n) is 11.1. The topological polar surface area (TPSA) is 29.9 Å². The van der Waals surface area contributed by atoms with E-state index < -0.39 is 0 Å². The van der Waals surface area contributed by atoms with Crippen molar-refractivity contribution in [1.29, 1.82) is 0 Å². The molecular formula is C14H21N3S. The van der Waals surface area contributed by atoms with Crippen LogP contribution in [0.15, 0.2) is 29.8 Å². The Kier molecular flexibility index (Phi) is 4.96. The molecule has 2 aromatic heterocycles. The fourth-order valence-corrected chi connectivity index (χ4v) is 2.88. The Morgan fingerprint density at radius 3 is 2.94 bits per heavy atom. The highest BCUT2D eigenvalue weighted by Gasteiger charge is 2.15. The summed E-state index contributed by atoms with van der Waals surface area (Å²) in [5, 5.41) is 10.1. The van der Waals surface area contributed by atoms with E-state index in [0.717, 1.165) is 25.9 Å². The number of nitrogens with zero attached hydrogens (tertiary/aromatic N) is 2. The molecule has 1 N–H and O–H groups in total. The van der Waals surface area contributed by atoms with Crippen molar-refractivity contribution in [3.63, 3.8) is 0 Å². The highest BCUT2D eigenvalue weighted by Crippen LogP contribution is 2.21. The smallest absolute Gasteiger partial charge is 0.0557 e. The van der Waals surface area contributed by atoms with Crippen LogP contribution in [-0.4, -0.2) is 16.3 Å². The van der Waals surface area contributed by atoms with Crippen molar-refractivity contribution in [1.82, 2.24) is 15.1 Å². The molecule has 0 aliphatic heterocycles. The molecule has 0 saturated carbocycles. The lowest BCUT2D eigenvalue weighted by Crippen LogP contribution is -2.26. The van der Waals surface area contributed by atoms with Gasteiger partial charge in [0, 0.05) is 24.0 Å². The monoisotopic (exact) mass is 263 g/mol. The second-order valence-electron chi connectivity index (χ2n) is 4.36. The van der Waals surface area contributed by atoms with Gasteiger partial charge in [-0.3, -0.25) is 4.68 Å². The van der Waals surface area contributed by atoms with Gasteiger partial charge in [-0.15, -0.1) is 11.3 Å². The molecule has 4 heteroatoms. The van der Waals surface area contributed by atoms with E-state index in [1.807, 2.05) is 17.5 Å². The van der Waals surface area contributed by atoms with Gasteiger partial charge in [0.25, 0.3) is 0 Å². The second-order valence-corrected chi connectivity index (χ2v) is 5.39. The van der Waals surface area contributed by atoms with Crippen LogP contribution in [0.5, 0.6) is 0 Å². The van der Waals surface area contributed by atoms with Crippen LogP contribution >= 0.6 is 11.3 Å². The van der Waals surface area contributed by atoms with E-state index in [9.17, 15) is 0 Å². The molecule has 0 aromatic carbocycles. The normalized spacial score (nSPS) is 12.8. The zero-order valence-corrected chi connectivity index (χ0v) is 11.9. The average molecular weight is 263 g/mol. The first-order valence-electron chi connectivity index (χ1n) is 6.62. The Hall–Kier alpha value is -1.13. The van der Waals surface area contributed by atoms with E-state index in [2.05, 4.69) is 52.5 Å². The molecule has 0 amide bonds. The van der Waals surface area contributed by atoms with Crippen LogP contribution in [0.4, 0.5) is 0 Å². The summed E-state index contributed by atoms with van der Waals surface area (Å²) in [5.74, 6) is 0. The molecule has 0 saturated heterocycles. The standard InChI is InChI=1S/C14H21N3S/c1-3-8-15-13(11-12-6-5-10-18-12)14-7-9-16-17(14)4-2/h5-7,9-10,13,15H,3-4,8,11H2,1-2H3. The average Bonchev–Trinajstić information content (AvgIpc) is 3.04. The summed E-state index contributed by atoms with van der Waals surface area (Å²) in [7, 11) is 0. The first-order chi connectivity index (χ1) is 8.85. The summed E-state index contributed by atoms with van der Waals surface area (Å²) in [6, 6.07) is 6.82. The number of aromatic nitrogens is 2. The van der Waals surface area contributed by atoms with Gasteiger partial charge in [-0.25, -0.2) is 0 Å². The van der Waals surface area contributed by atoms with Crippen molar-refractivity contribution in [3.8, 4) is 0 Å². The fourth-order valence-electron chi connectivity index (χ4n) is 2.13. The predicted octanol–water partition coefficient (Wildman–Crippen LogP) is 3.25. The van der Waals surface area contributed by atoms with Crippen LogP contribution in [0, 0.1) is 0 Å². The van der Waals surface area contributed by atoms with Crippen LogP contribution in [0.25, 0.3) is 0 Å². The third-order valence-corrected chi connectivity index (χ3v) is 3.93. The van der Waals surface area contributed by atoms with Gasteiger partial charge in [0.1, 0.15) is 0 Å². The van der Waals surface area contributed by atoms with Crippen molar-refractivity contribution in [2.75, 3.05) is 6.54 Å². The first-order valence-corrected chi connectivity index (χ1v) is 7.50. The lowest BCUT2D eigenvalue weighted by molar-refractivity contribution is 0.481. The largest absolute Gasteiger partial charge is 0.308 e. The number of hydrogen-bond acceptors (Lipinski definition) is 3. The van der Waals surface area contributed by atoms with Gasteiger partial charge in [-0.05, 0) is 37.4 Å². The van der Waals surface area contributed by atoms with Gasteiger partial charge in [-0.1, -0.05) is 13.0 Å². The molecule has 0 spiro atoms. The van der Waals surface area contributed by atoms with E-state index in [1.165, 1.54) is 10.6 Å². The molecule has 0 bridgehead atoms. The van der Waals surface area contributed by atoms with Crippen LogP contribution in [0.1, 0.15) is 36.9 Å². The molecule has 18 heavy (non-hydrogen) atoms. The van der Waals surface area contributed by atoms with Gasteiger partial charge in [-0.2, -0.15) is 5.10 Å². The first kappa shape index (κ1) is 13.3. The van der Waals surface area contributed by atoms with E-state index in [1.54, 1.807) is 0 Å². The summed E-state index contributed by atoms with van der Waals surface area (Å²) < 4.78 is 2.08. The maximum absolute atomic E-state index is 4.37. The van der Waals surface area contributed by atoms with Crippen LogP contribution in [0.2, 0.25) is 0 Å². The predicted molar refractivity (Wildman–Crippen MR) is 77.0 cm³/mol. The minimum absolute atomic E-state index is 0.367. The van der Waals surface area contributed by atoms with Crippen molar-refractivity contribution in [2.45, 2.75) is 39.3 Å². The number of rotatable bonds is 7. The number of nitrogens with one attached hydrogen (secondary N) is 1. The maximum atomic E-state index is 4.37. The number of hydrogen-bond donors (Lipinski definition) is 1. The van der Waals surface area contributed by atoms with Crippen molar-refractivity contribution < 1.29 is 0 Å². The molecule has 3 nitrogen and oxygen atoms in total. The van der Waals surface area contributed by atoms with Crippen molar-refractivity contribution in [2.24, 2.45) is 0 Å². The molecule has 2 rings (SSSR count). The summed E-state index contributed by atoms with van der Waals surface area (Å²) in [6.45, 7) is 6.31. The molecule has 0 radical (unpaired) electrons. The third kappa shape index (κ3) is 3.21. The van der Waals surface area contributed by atoms with Crippen LogP contribution in [-0.2, 0) is 13.0 Å². The molecule has 0 aliphatic rings. The Bertz CT molecular complexity index is 447. The Morgan fingerprint density at radius 2 is 2.28 bits per heavy atom. The lowest BCUT2D eigenvalue weighted by atomic mass is 10.1. The van der Waals surface area contributed by atoms with Gasteiger partial charge >= 0.3 is 0 Å². The molecule has 1 unspecified atom stereocenters. The van der Waals surface area contributed by atoms with Crippen molar-refractivity contribution in [3.05, 3.63) is 40.3 Å².